The number of aliphatic hydroxyl groups is 1. The highest BCUT2D eigenvalue weighted by Gasteiger charge is 2.30. The van der Waals surface area contributed by atoms with E-state index in [1.54, 1.807) is 50.0 Å². The van der Waals surface area contributed by atoms with E-state index in [2.05, 4.69) is 5.32 Å². The molecule has 2 aromatic carbocycles. The number of hydrogen-bond acceptors (Lipinski definition) is 7. The third-order valence-electron chi connectivity index (χ3n) is 6.80. The number of benzene rings is 2. The summed E-state index contributed by atoms with van der Waals surface area (Å²) in [5.74, 6) is -3.09. The predicted molar refractivity (Wildman–Crippen MR) is 158 cm³/mol. The number of allylic oxidation sites excluding steroid dienone is 2. The van der Waals surface area contributed by atoms with E-state index >= 15 is 0 Å². The highest BCUT2D eigenvalue weighted by Crippen LogP contribution is 2.24. The van der Waals surface area contributed by atoms with Gasteiger partial charge >= 0.3 is 11.9 Å². The maximum Gasteiger partial charge on any atom is 0.310 e. The zero-order chi connectivity index (χ0) is 30.5. The molecule has 0 spiro atoms. The Labute approximate surface area is 247 Å². The summed E-state index contributed by atoms with van der Waals surface area (Å²) in [6.07, 6.45) is 3.00. The summed E-state index contributed by atoms with van der Waals surface area (Å²) in [4.78, 5) is 54.1. The molecular weight excluding hydrogens is 536 g/mol. The lowest BCUT2D eigenvalue weighted by molar-refractivity contribution is -0.164. The van der Waals surface area contributed by atoms with Crippen molar-refractivity contribution in [3.63, 3.8) is 0 Å². The third kappa shape index (κ3) is 10.8. The van der Waals surface area contributed by atoms with Crippen LogP contribution in [-0.4, -0.2) is 59.1 Å². The molecule has 0 aromatic heterocycles. The van der Waals surface area contributed by atoms with E-state index in [-0.39, 0.29) is 57.2 Å². The largest absolute Gasteiger partial charge is 0.460 e. The number of cyclic esters (lactones) is 1. The van der Waals surface area contributed by atoms with Gasteiger partial charge in [0.05, 0.1) is 31.4 Å². The number of aliphatic hydroxyl groups excluding tert-OH is 1. The fraction of sp³-hybridized carbons (Fsp3) is 0.455. The molecule has 3 atom stereocenters. The quantitative estimate of drug-likeness (QED) is 0.339. The maximum absolute atomic E-state index is 13.3. The third-order valence-corrected chi connectivity index (χ3v) is 6.80. The van der Waals surface area contributed by atoms with Gasteiger partial charge in [-0.15, -0.1) is 0 Å². The van der Waals surface area contributed by atoms with Gasteiger partial charge in [-0.3, -0.25) is 19.2 Å². The molecule has 2 aromatic rings. The summed E-state index contributed by atoms with van der Waals surface area (Å²) in [6.45, 7) is 5.58. The molecule has 0 aliphatic carbocycles. The fourth-order valence-electron chi connectivity index (χ4n) is 4.68. The highest BCUT2D eigenvalue weighted by atomic mass is 16.6. The Balaban J connectivity index is 1.81. The average Bonchev–Trinajstić information content (AvgIpc) is 2.95. The molecular formula is C33H42N2O7. The summed E-state index contributed by atoms with van der Waals surface area (Å²) in [5, 5.41) is 12.5. The molecule has 0 saturated heterocycles. The van der Waals surface area contributed by atoms with Crippen molar-refractivity contribution >= 4 is 23.8 Å². The van der Waals surface area contributed by atoms with Gasteiger partial charge in [-0.05, 0) is 44.7 Å². The Morgan fingerprint density at radius 1 is 0.952 bits per heavy atom. The van der Waals surface area contributed by atoms with Crippen LogP contribution in [0, 0.1) is 11.8 Å². The number of nitrogens with one attached hydrogen (secondary N) is 1. The second-order valence-electron chi connectivity index (χ2n) is 11.4. The van der Waals surface area contributed by atoms with Crippen LogP contribution in [0.2, 0.25) is 0 Å². The second kappa shape index (κ2) is 15.9. The lowest BCUT2D eigenvalue weighted by Crippen LogP contribution is -2.40. The molecule has 42 heavy (non-hydrogen) atoms. The number of rotatable bonds is 9. The molecule has 3 rings (SSSR count). The van der Waals surface area contributed by atoms with Crippen molar-refractivity contribution in [2.75, 3.05) is 19.7 Å². The van der Waals surface area contributed by atoms with Gasteiger partial charge in [-0.25, -0.2) is 0 Å². The van der Waals surface area contributed by atoms with Crippen LogP contribution in [0.1, 0.15) is 63.7 Å². The first-order valence-corrected chi connectivity index (χ1v) is 14.4. The monoisotopic (exact) mass is 578 g/mol. The Hall–Kier alpha value is -3.98. The summed E-state index contributed by atoms with van der Waals surface area (Å²) >= 11 is 0. The van der Waals surface area contributed by atoms with Gasteiger partial charge in [-0.2, -0.15) is 0 Å². The normalized spacial score (nSPS) is 20.7. The first-order chi connectivity index (χ1) is 20.1. The fourth-order valence-corrected chi connectivity index (χ4v) is 4.68. The molecule has 0 radical (unpaired) electrons. The molecule has 1 heterocycles. The molecule has 0 saturated carbocycles. The zero-order valence-corrected chi connectivity index (χ0v) is 24.7. The van der Waals surface area contributed by atoms with E-state index in [4.69, 9.17) is 9.47 Å². The van der Waals surface area contributed by atoms with Crippen LogP contribution in [0.5, 0.6) is 0 Å². The molecule has 226 valence electrons. The molecule has 1 aliphatic heterocycles. The lowest BCUT2D eigenvalue weighted by Gasteiger charge is -2.26. The van der Waals surface area contributed by atoms with Gasteiger partial charge in [0.1, 0.15) is 11.7 Å². The van der Waals surface area contributed by atoms with Crippen LogP contribution < -0.4 is 5.32 Å². The van der Waals surface area contributed by atoms with Gasteiger partial charge in [0.2, 0.25) is 11.8 Å². The van der Waals surface area contributed by atoms with Gasteiger partial charge in [-0.1, -0.05) is 72.8 Å². The van der Waals surface area contributed by atoms with Gasteiger partial charge in [0, 0.05) is 19.5 Å². The highest BCUT2D eigenvalue weighted by molar-refractivity contribution is 5.86. The van der Waals surface area contributed by atoms with Crippen LogP contribution in [0.3, 0.4) is 0 Å². The number of esters is 2. The van der Waals surface area contributed by atoms with Crippen molar-refractivity contribution in [2.45, 2.75) is 64.7 Å². The molecule has 1 aliphatic rings. The molecule has 9 heteroatoms. The summed E-state index contributed by atoms with van der Waals surface area (Å²) in [7, 11) is 0. The first-order valence-electron chi connectivity index (χ1n) is 14.4. The summed E-state index contributed by atoms with van der Waals surface area (Å²) in [5.41, 5.74) is 0.925. The number of amides is 2. The minimum atomic E-state index is -0.785. The summed E-state index contributed by atoms with van der Waals surface area (Å²) in [6, 6.07) is 18.5. The smallest absolute Gasteiger partial charge is 0.310 e. The molecule has 0 fully saturated rings. The van der Waals surface area contributed by atoms with Gasteiger partial charge in [0.25, 0.3) is 0 Å². The van der Waals surface area contributed by atoms with E-state index in [1.165, 1.54) is 0 Å². The van der Waals surface area contributed by atoms with E-state index in [9.17, 15) is 24.3 Å². The van der Waals surface area contributed by atoms with Crippen molar-refractivity contribution < 1.29 is 33.8 Å². The number of ether oxygens (including phenoxy) is 2. The van der Waals surface area contributed by atoms with Crippen molar-refractivity contribution in [3.8, 4) is 0 Å². The Morgan fingerprint density at radius 2 is 1.57 bits per heavy atom. The topological polar surface area (TPSA) is 122 Å². The van der Waals surface area contributed by atoms with E-state index in [0.717, 1.165) is 5.56 Å². The number of hydrogen-bond donors (Lipinski definition) is 2. The van der Waals surface area contributed by atoms with Crippen LogP contribution in [0.4, 0.5) is 0 Å². The van der Waals surface area contributed by atoms with Crippen LogP contribution >= 0.6 is 0 Å². The van der Waals surface area contributed by atoms with Gasteiger partial charge in [0.15, 0.2) is 0 Å². The van der Waals surface area contributed by atoms with E-state index in [1.807, 2.05) is 48.5 Å². The molecule has 0 bridgehead atoms. The lowest BCUT2D eigenvalue weighted by atomic mass is 9.96. The van der Waals surface area contributed by atoms with Crippen molar-refractivity contribution in [1.82, 2.24) is 10.2 Å². The molecule has 0 unspecified atom stereocenters. The van der Waals surface area contributed by atoms with Crippen LogP contribution in [-0.2, 0) is 35.2 Å². The van der Waals surface area contributed by atoms with Crippen LogP contribution in [0.15, 0.2) is 72.8 Å². The van der Waals surface area contributed by atoms with Crippen LogP contribution in [0.25, 0.3) is 0 Å². The summed E-state index contributed by atoms with van der Waals surface area (Å²) < 4.78 is 11.3. The van der Waals surface area contributed by atoms with Gasteiger partial charge < -0.3 is 24.8 Å². The Morgan fingerprint density at radius 3 is 2.19 bits per heavy atom. The number of carbonyl (C=O) groups excluding carboxylic acids is 4. The standard InChI is InChI=1S/C33H42N2O7/c1-33(2,3)42-30(38)21-27-17-11-10-16-26(20-29(37)35(18-19-36)23-24-12-6-4-7-13-24)31(39)34-22-28(41-32(27)40)25-14-8-5-9-15-25/h4-15,26-28,36H,16-23H2,1-3H3,(H,34,39)/b11-10-/t26-,27+,28-/m1/s1. The predicted octanol–water partition coefficient (Wildman–Crippen LogP) is 4.11. The molecule has 2 N–H and O–H groups in total. The first kappa shape index (κ1) is 32.5. The van der Waals surface area contributed by atoms with Crippen molar-refractivity contribution in [1.29, 1.82) is 0 Å². The maximum atomic E-state index is 13.3. The molecule has 2 amide bonds. The zero-order valence-electron chi connectivity index (χ0n) is 24.7. The van der Waals surface area contributed by atoms with E-state index < -0.39 is 35.5 Å². The minimum Gasteiger partial charge on any atom is -0.460 e. The second-order valence-corrected chi connectivity index (χ2v) is 11.4. The minimum absolute atomic E-state index is 0.00647. The number of nitrogens with zero attached hydrogens (tertiary/aromatic N) is 1. The molecule has 9 nitrogen and oxygen atoms in total. The Bertz CT molecular complexity index is 1210. The Kier molecular flexibility index (Phi) is 12.3. The average molecular weight is 579 g/mol. The number of carbonyl (C=O) groups is 4. The van der Waals surface area contributed by atoms with Crippen molar-refractivity contribution in [3.05, 3.63) is 83.9 Å². The van der Waals surface area contributed by atoms with Crippen molar-refractivity contribution in [2.24, 2.45) is 11.8 Å². The van der Waals surface area contributed by atoms with E-state index in [0.29, 0.717) is 12.1 Å². The SMILES string of the molecule is CC(C)(C)OC(=O)C[C@@H]1C/C=C\C[C@H](CC(=O)N(CCO)Cc2ccccc2)C(=O)NC[C@H](c2ccccc2)OC1=O.